The Morgan fingerprint density at radius 1 is 1.00 bits per heavy atom. The van der Waals surface area contributed by atoms with Gasteiger partial charge in [-0.05, 0) is 31.2 Å². The van der Waals surface area contributed by atoms with Crippen LogP contribution in [-0.4, -0.2) is 23.9 Å². The first-order valence-electron chi connectivity index (χ1n) is 8.57. The number of amides is 1. The molecule has 0 saturated heterocycles. The molecule has 2 saturated carbocycles. The Bertz CT molecular complexity index is 470. The zero-order chi connectivity index (χ0) is 14.7. The lowest BCUT2D eigenvalue weighted by Gasteiger charge is -2.45. The van der Waals surface area contributed by atoms with Crippen LogP contribution in [0.15, 0.2) is 30.3 Å². The number of rotatable bonds is 3. The molecule has 21 heavy (non-hydrogen) atoms. The molecule has 0 aromatic heterocycles. The van der Waals surface area contributed by atoms with Crippen LogP contribution in [0.25, 0.3) is 0 Å². The lowest BCUT2D eigenvalue weighted by Crippen LogP contribution is -2.52. The second-order valence-corrected chi connectivity index (χ2v) is 6.86. The number of nitrogens with zero attached hydrogens (tertiary/aromatic N) is 1. The van der Waals surface area contributed by atoms with Crippen molar-refractivity contribution in [2.75, 3.05) is 7.05 Å². The van der Waals surface area contributed by atoms with Gasteiger partial charge in [-0.15, -0.1) is 0 Å². The largest absolute Gasteiger partial charge is 0.342 e. The molecule has 0 heterocycles. The molecule has 0 aliphatic heterocycles. The quantitative estimate of drug-likeness (QED) is 0.759. The zero-order valence-electron chi connectivity index (χ0n) is 13.2. The predicted octanol–water partition coefficient (Wildman–Crippen LogP) is 4.29. The van der Waals surface area contributed by atoms with Gasteiger partial charge in [0.2, 0.25) is 5.91 Å². The molecule has 2 heteroatoms. The first kappa shape index (κ1) is 14.6. The monoisotopic (exact) mass is 285 g/mol. The summed E-state index contributed by atoms with van der Waals surface area (Å²) in [6, 6.07) is 10.9. The number of hydrogen-bond acceptors (Lipinski definition) is 1. The van der Waals surface area contributed by atoms with Gasteiger partial charge in [0.1, 0.15) is 0 Å². The molecule has 2 fully saturated rings. The van der Waals surface area contributed by atoms with Crippen LogP contribution in [0.1, 0.15) is 63.4 Å². The second kappa shape index (κ2) is 6.21. The van der Waals surface area contributed by atoms with Gasteiger partial charge < -0.3 is 4.90 Å². The molecular formula is C19H27NO. The van der Waals surface area contributed by atoms with Crippen molar-refractivity contribution in [1.29, 1.82) is 0 Å². The lowest BCUT2D eigenvalue weighted by molar-refractivity contribution is -0.142. The van der Waals surface area contributed by atoms with Crippen molar-refractivity contribution in [1.82, 2.24) is 4.90 Å². The van der Waals surface area contributed by atoms with E-state index >= 15 is 0 Å². The van der Waals surface area contributed by atoms with E-state index in [1.165, 1.54) is 50.5 Å². The smallest absolute Gasteiger partial charge is 0.233 e. The highest BCUT2D eigenvalue weighted by atomic mass is 16.2. The Kier molecular flexibility index (Phi) is 4.32. The molecule has 2 nitrogen and oxygen atoms in total. The van der Waals surface area contributed by atoms with Crippen LogP contribution in [0.5, 0.6) is 0 Å². The van der Waals surface area contributed by atoms with E-state index in [1.54, 1.807) is 0 Å². The molecule has 2 aliphatic carbocycles. The fraction of sp³-hybridized carbons (Fsp3) is 0.632. The van der Waals surface area contributed by atoms with Crippen LogP contribution in [0, 0.1) is 0 Å². The first-order chi connectivity index (χ1) is 10.2. The van der Waals surface area contributed by atoms with E-state index in [9.17, 15) is 4.79 Å². The third-order valence-electron chi connectivity index (χ3n) is 5.64. The topological polar surface area (TPSA) is 20.3 Å². The summed E-state index contributed by atoms with van der Waals surface area (Å²) >= 11 is 0. The Labute approximate surface area is 128 Å². The third-order valence-corrected chi connectivity index (χ3v) is 5.64. The lowest BCUT2D eigenvalue weighted by atomic mass is 9.63. The minimum atomic E-state index is -0.220. The van der Waals surface area contributed by atoms with Gasteiger partial charge in [0.25, 0.3) is 0 Å². The van der Waals surface area contributed by atoms with E-state index in [0.29, 0.717) is 11.9 Å². The van der Waals surface area contributed by atoms with Crippen molar-refractivity contribution in [3.05, 3.63) is 35.9 Å². The maximum atomic E-state index is 13.2. The summed E-state index contributed by atoms with van der Waals surface area (Å²) in [6.45, 7) is 0. The van der Waals surface area contributed by atoms with E-state index in [1.807, 2.05) is 13.1 Å². The van der Waals surface area contributed by atoms with Crippen molar-refractivity contribution >= 4 is 5.91 Å². The summed E-state index contributed by atoms with van der Waals surface area (Å²) in [5, 5.41) is 0. The molecule has 0 unspecified atom stereocenters. The van der Waals surface area contributed by atoms with Crippen molar-refractivity contribution in [3.63, 3.8) is 0 Å². The van der Waals surface area contributed by atoms with Gasteiger partial charge in [0.05, 0.1) is 5.41 Å². The van der Waals surface area contributed by atoms with Gasteiger partial charge >= 0.3 is 0 Å². The summed E-state index contributed by atoms with van der Waals surface area (Å²) in [7, 11) is 2.04. The highest BCUT2D eigenvalue weighted by Gasteiger charge is 2.47. The van der Waals surface area contributed by atoms with E-state index in [0.717, 1.165) is 12.8 Å². The van der Waals surface area contributed by atoms with Gasteiger partial charge in [-0.25, -0.2) is 0 Å². The fourth-order valence-corrected chi connectivity index (χ4v) is 4.06. The normalized spacial score (nSPS) is 22.1. The zero-order valence-corrected chi connectivity index (χ0v) is 13.2. The predicted molar refractivity (Wildman–Crippen MR) is 86.2 cm³/mol. The van der Waals surface area contributed by atoms with Crippen LogP contribution < -0.4 is 0 Å². The van der Waals surface area contributed by atoms with Gasteiger partial charge in [-0.1, -0.05) is 62.4 Å². The van der Waals surface area contributed by atoms with Gasteiger partial charge in [0.15, 0.2) is 0 Å². The molecule has 3 rings (SSSR count). The standard InChI is InChI=1S/C19H27NO/c1-20(17-12-7-2-3-8-13-17)18(21)19(14-9-15-19)16-10-5-4-6-11-16/h4-6,10-11,17H,2-3,7-9,12-15H2,1H3. The molecule has 1 amide bonds. The van der Waals surface area contributed by atoms with Crippen molar-refractivity contribution in [2.24, 2.45) is 0 Å². The number of carbonyl (C=O) groups excluding carboxylic acids is 1. The maximum Gasteiger partial charge on any atom is 0.233 e. The van der Waals surface area contributed by atoms with Crippen LogP contribution in [0.4, 0.5) is 0 Å². The van der Waals surface area contributed by atoms with Crippen LogP contribution >= 0.6 is 0 Å². The molecule has 0 bridgehead atoms. The van der Waals surface area contributed by atoms with Crippen LogP contribution in [-0.2, 0) is 10.2 Å². The average Bonchev–Trinajstić information content (AvgIpc) is 2.75. The molecular weight excluding hydrogens is 258 g/mol. The minimum absolute atomic E-state index is 0.220. The summed E-state index contributed by atoms with van der Waals surface area (Å²) in [6.07, 6.45) is 10.8. The first-order valence-corrected chi connectivity index (χ1v) is 8.57. The summed E-state index contributed by atoms with van der Waals surface area (Å²) in [5.41, 5.74) is 1.00. The average molecular weight is 285 g/mol. The molecule has 0 spiro atoms. The highest BCUT2D eigenvalue weighted by Crippen LogP contribution is 2.45. The Hall–Kier alpha value is -1.31. The van der Waals surface area contributed by atoms with E-state index in [4.69, 9.17) is 0 Å². The van der Waals surface area contributed by atoms with E-state index < -0.39 is 0 Å². The Balaban J connectivity index is 1.79. The molecule has 0 radical (unpaired) electrons. The Morgan fingerprint density at radius 3 is 2.14 bits per heavy atom. The summed E-state index contributed by atoms with van der Waals surface area (Å²) in [4.78, 5) is 15.3. The number of benzene rings is 1. The number of likely N-dealkylation sites (N-methyl/N-ethyl adjacent to an activating group) is 1. The van der Waals surface area contributed by atoms with Gasteiger partial charge in [0, 0.05) is 13.1 Å². The van der Waals surface area contributed by atoms with E-state index in [-0.39, 0.29) is 5.41 Å². The maximum absolute atomic E-state index is 13.2. The third kappa shape index (κ3) is 2.73. The SMILES string of the molecule is CN(C(=O)C1(c2ccccc2)CCC1)C1CCCCCC1. The van der Waals surface area contributed by atoms with Crippen molar-refractivity contribution in [3.8, 4) is 0 Å². The Morgan fingerprint density at radius 2 is 1.62 bits per heavy atom. The molecule has 0 atom stereocenters. The summed E-state index contributed by atoms with van der Waals surface area (Å²) in [5.74, 6) is 0.367. The highest BCUT2D eigenvalue weighted by molar-refractivity contribution is 5.89. The van der Waals surface area contributed by atoms with Crippen molar-refractivity contribution < 1.29 is 4.79 Å². The number of carbonyl (C=O) groups is 1. The number of hydrogen-bond donors (Lipinski definition) is 0. The minimum Gasteiger partial charge on any atom is -0.342 e. The van der Waals surface area contributed by atoms with Gasteiger partial charge in [-0.3, -0.25) is 4.79 Å². The molecule has 114 valence electrons. The fourth-order valence-electron chi connectivity index (χ4n) is 4.06. The van der Waals surface area contributed by atoms with E-state index in [2.05, 4.69) is 29.2 Å². The van der Waals surface area contributed by atoms with Crippen LogP contribution in [0.3, 0.4) is 0 Å². The molecule has 0 N–H and O–H groups in total. The molecule has 1 aromatic rings. The molecule has 2 aliphatic rings. The summed E-state index contributed by atoms with van der Waals surface area (Å²) < 4.78 is 0. The van der Waals surface area contributed by atoms with Gasteiger partial charge in [-0.2, -0.15) is 0 Å². The van der Waals surface area contributed by atoms with Crippen molar-refractivity contribution in [2.45, 2.75) is 69.2 Å². The van der Waals surface area contributed by atoms with Crippen LogP contribution in [0.2, 0.25) is 0 Å². The second-order valence-electron chi connectivity index (χ2n) is 6.86. The molecule has 1 aromatic carbocycles.